The Morgan fingerprint density at radius 2 is 1.13 bits per heavy atom. The zero-order valence-corrected chi connectivity index (χ0v) is 17.4. The van der Waals surface area contributed by atoms with Gasteiger partial charge in [-0.2, -0.15) is 0 Å². The van der Waals surface area contributed by atoms with E-state index in [2.05, 4.69) is 10.6 Å². The molecular formula is C22H19ClN2O6. The third-order valence-corrected chi connectivity index (χ3v) is 4.32. The molecular weight excluding hydrogens is 424 g/mol. The molecule has 0 aromatic heterocycles. The lowest BCUT2D eigenvalue weighted by Gasteiger charge is -2.11. The van der Waals surface area contributed by atoms with Crippen LogP contribution in [0, 0.1) is 0 Å². The monoisotopic (exact) mass is 442 g/mol. The fourth-order valence-corrected chi connectivity index (χ4v) is 2.64. The number of rotatable bonds is 6. The van der Waals surface area contributed by atoms with Crippen molar-refractivity contribution in [3.63, 3.8) is 0 Å². The molecule has 31 heavy (non-hydrogen) atoms. The second kappa shape index (κ2) is 10.2. The van der Waals surface area contributed by atoms with Gasteiger partial charge >= 0.3 is 12.2 Å². The number of ether oxygens (including phenoxy) is 4. The van der Waals surface area contributed by atoms with Crippen molar-refractivity contribution >= 4 is 35.2 Å². The lowest BCUT2D eigenvalue weighted by atomic mass is 10.3. The third-order valence-electron chi connectivity index (χ3n) is 3.99. The van der Waals surface area contributed by atoms with Crippen LogP contribution in [0.1, 0.15) is 0 Å². The summed E-state index contributed by atoms with van der Waals surface area (Å²) >= 11 is 6.14. The number of carbonyl (C=O) groups is 2. The van der Waals surface area contributed by atoms with Gasteiger partial charge in [0.1, 0.15) is 23.0 Å². The van der Waals surface area contributed by atoms with E-state index < -0.39 is 12.2 Å². The van der Waals surface area contributed by atoms with Crippen molar-refractivity contribution in [2.24, 2.45) is 0 Å². The Kier molecular flexibility index (Phi) is 7.18. The summed E-state index contributed by atoms with van der Waals surface area (Å²) in [6.45, 7) is 0. The first-order valence-corrected chi connectivity index (χ1v) is 9.40. The van der Waals surface area contributed by atoms with E-state index in [1.165, 1.54) is 12.1 Å². The Hall–Kier alpha value is -3.91. The van der Waals surface area contributed by atoms with Crippen LogP contribution in [-0.4, -0.2) is 26.4 Å². The average molecular weight is 443 g/mol. The van der Waals surface area contributed by atoms with Crippen molar-refractivity contribution in [2.75, 3.05) is 24.9 Å². The number of carbonyl (C=O) groups excluding carboxylic acids is 2. The number of anilines is 2. The van der Waals surface area contributed by atoms with Crippen LogP contribution in [0.4, 0.5) is 21.0 Å². The topological polar surface area (TPSA) is 95.1 Å². The minimum absolute atomic E-state index is 0.252. The van der Waals surface area contributed by atoms with E-state index in [1.54, 1.807) is 68.8 Å². The number of hydrogen-bond acceptors (Lipinski definition) is 6. The highest BCUT2D eigenvalue weighted by molar-refractivity contribution is 6.33. The highest BCUT2D eigenvalue weighted by Gasteiger charge is 2.11. The van der Waals surface area contributed by atoms with Gasteiger partial charge in [-0.1, -0.05) is 11.6 Å². The maximum Gasteiger partial charge on any atom is 0.417 e. The van der Waals surface area contributed by atoms with Crippen LogP contribution in [-0.2, 0) is 0 Å². The van der Waals surface area contributed by atoms with Crippen LogP contribution in [0.25, 0.3) is 0 Å². The number of hydrogen-bond donors (Lipinski definition) is 2. The number of amides is 2. The van der Waals surface area contributed by atoms with Crippen LogP contribution in [0.2, 0.25) is 5.02 Å². The van der Waals surface area contributed by atoms with Gasteiger partial charge in [0.05, 0.1) is 24.9 Å². The summed E-state index contributed by atoms with van der Waals surface area (Å²) in [7, 11) is 3.08. The van der Waals surface area contributed by atoms with Crippen LogP contribution < -0.4 is 29.6 Å². The van der Waals surface area contributed by atoms with Crippen molar-refractivity contribution in [3.8, 4) is 23.0 Å². The molecule has 0 aliphatic heterocycles. The van der Waals surface area contributed by atoms with Gasteiger partial charge in [0.2, 0.25) is 0 Å². The van der Waals surface area contributed by atoms with Crippen molar-refractivity contribution < 1.29 is 28.5 Å². The predicted molar refractivity (Wildman–Crippen MR) is 117 cm³/mol. The first-order valence-electron chi connectivity index (χ1n) is 9.02. The molecule has 3 aromatic carbocycles. The van der Waals surface area contributed by atoms with Gasteiger partial charge in [0, 0.05) is 5.69 Å². The molecule has 0 saturated carbocycles. The molecule has 9 heteroatoms. The molecule has 3 rings (SSSR count). The molecule has 160 valence electrons. The zero-order chi connectivity index (χ0) is 22.2. The van der Waals surface area contributed by atoms with E-state index in [0.29, 0.717) is 28.7 Å². The summed E-state index contributed by atoms with van der Waals surface area (Å²) in [5.41, 5.74) is 0.616. The van der Waals surface area contributed by atoms with E-state index in [0.717, 1.165) is 0 Å². The molecule has 3 aromatic rings. The summed E-state index contributed by atoms with van der Waals surface area (Å²) < 4.78 is 20.5. The molecule has 0 heterocycles. The third kappa shape index (κ3) is 6.28. The quantitative estimate of drug-likeness (QED) is 0.517. The van der Waals surface area contributed by atoms with E-state index in [9.17, 15) is 9.59 Å². The highest BCUT2D eigenvalue weighted by atomic mass is 35.5. The molecule has 0 unspecified atom stereocenters. The van der Waals surface area contributed by atoms with Crippen LogP contribution in [0.15, 0.2) is 66.7 Å². The normalized spacial score (nSPS) is 10.0. The van der Waals surface area contributed by atoms with Gasteiger partial charge in [-0.05, 0) is 66.7 Å². The smallest absolute Gasteiger partial charge is 0.417 e. The SMILES string of the molecule is COc1ccc(OC(=O)Nc2ccc(Cl)c(NC(=O)Oc3ccc(OC)cc3)c2)cc1. The summed E-state index contributed by atoms with van der Waals surface area (Å²) in [6, 6.07) is 17.6. The first-order chi connectivity index (χ1) is 15.0. The second-order valence-electron chi connectivity index (χ2n) is 6.07. The van der Waals surface area contributed by atoms with E-state index >= 15 is 0 Å². The summed E-state index contributed by atoms with van der Waals surface area (Å²) in [5, 5.41) is 5.36. The molecule has 0 aliphatic rings. The van der Waals surface area contributed by atoms with Gasteiger partial charge < -0.3 is 18.9 Å². The minimum atomic E-state index is -0.745. The number of halogens is 1. The molecule has 0 aliphatic carbocycles. The Labute approximate surface area is 183 Å². The van der Waals surface area contributed by atoms with Crippen LogP contribution in [0.5, 0.6) is 23.0 Å². The molecule has 8 nitrogen and oxygen atoms in total. The van der Waals surface area contributed by atoms with Gasteiger partial charge in [-0.3, -0.25) is 10.6 Å². The van der Waals surface area contributed by atoms with Crippen molar-refractivity contribution in [2.45, 2.75) is 0 Å². The summed E-state index contributed by atoms with van der Waals surface area (Å²) in [6.07, 6.45) is -1.45. The van der Waals surface area contributed by atoms with Crippen molar-refractivity contribution in [3.05, 3.63) is 71.8 Å². The van der Waals surface area contributed by atoms with Crippen LogP contribution >= 0.6 is 11.6 Å². The molecule has 0 radical (unpaired) electrons. The number of nitrogens with one attached hydrogen (secondary N) is 2. The standard InChI is InChI=1S/C22H19ClN2O6/c1-28-15-4-8-17(9-5-15)30-21(26)24-14-3-12-19(23)20(13-14)25-22(27)31-18-10-6-16(29-2)7-11-18/h3-13H,1-2H3,(H,24,26)(H,25,27). The van der Waals surface area contributed by atoms with Crippen LogP contribution in [0.3, 0.4) is 0 Å². The Bertz CT molecular complexity index is 1050. The molecule has 0 saturated heterocycles. The Balaban J connectivity index is 1.60. The molecule has 0 fully saturated rings. The maximum absolute atomic E-state index is 12.2. The fourth-order valence-electron chi connectivity index (χ4n) is 2.48. The molecule has 0 bridgehead atoms. The fraction of sp³-hybridized carbons (Fsp3) is 0.0909. The highest BCUT2D eigenvalue weighted by Crippen LogP contribution is 2.27. The maximum atomic E-state index is 12.2. The van der Waals surface area contributed by atoms with Crippen molar-refractivity contribution in [1.29, 1.82) is 0 Å². The lowest BCUT2D eigenvalue weighted by molar-refractivity contribution is 0.214. The summed E-state index contributed by atoms with van der Waals surface area (Å²) in [4.78, 5) is 24.3. The van der Waals surface area contributed by atoms with E-state index in [-0.39, 0.29) is 10.7 Å². The Morgan fingerprint density at radius 3 is 1.61 bits per heavy atom. The zero-order valence-electron chi connectivity index (χ0n) is 16.7. The van der Waals surface area contributed by atoms with Gasteiger partial charge in [-0.25, -0.2) is 9.59 Å². The molecule has 2 N–H and O–H groups in total. The number of benzene rings is 3. The van der Waals surface area contributed by atoms with Crippen molar-refractivity contribution in [1.82, 2.24) is 0 Å². The Morgan fingerprint density at radius 1 is 0.677 bits per heavy atom. The van der Waals surface area contributed by atoms with Gasteiger partial charge in [0.15, 0.2) is 0 Å². The molecule has 2 amide bonds. The second-order valence-corrected chi connectivity index (χ2v) is 6.48. The largest absolute Gasteiger partial charge is 0.497 e. The average Bonchev–Trinajstić information content (AvgIpc) is 2.77. The predicted octanol–water partition coefficient (Wildman–Crippen LogP) is 5.58. The number of methoxy groups -OCH3 is 2. The minimum Gasteiger partial charge on any atom is -0.497 e. The summed E-state index contributed by atoms with van der Waals surface area (Å²) in [5.74, 6) is 1.94. The molecule has 0 spiro atoms. The molecule has 0 atom stereocenters. The van der Waals surface area contributed by atoms with E-state index in [1.807, 2.05) is 0 Å². The van der Waals surface area contributed by atoms with E-state index in [4.69, 9.17) is 30.5 Å². The lowest BCUT2D eigenvalue weighted by Crippen LogP contribution is -2.18. The first kappa shape index (κ1) is 21.8. The van der Waals surface area contributed by atoms with Gasteiger partial charge in [0.25, 0.3) is 0 Å². The van der Waals surface area contributed by atoms with Gasteiger partial charge in [-0.15, -0.1) is 0 Å².